The number of ether oxygens (including phenoxy) is 1. The van der Waals surface area contributed by atoms with E-state index < -0.39 is 5.91 Å². The fourth-order valence-electron chi connectivity index (χ4n) is 1.86. The molecule has 0 atom stereocenters. The fourth-order valence-corrected chi connectivity index (χ4v) is 1.86. The van der Waals surface area contributed by atoms with Crippen molar-refractivity contribution in [2.45, 2.75) is 0 Å². The molecule has 2 aliphatic rings. The molecule has 2 heterocycles. The summed E-state index contributed by atoms with van der Waals surface area (Å²) >= 11 is 0. The standard InChI is InChI=1S/C11H9N3O2/c12-11(15)10-8-5-16-9-4-2-1-3-7(9)14(8)6-13-10/h1-5H,6H2,(H2,12,15). The highest BCUT2D eigenvalue weighted by Crippen LogP contribution is 2.36. The van der Waals surface area contributed by atoms with Crippen LogP contribution >= 0.6 is 0 Å². The average molecular weight is 215 g/mol. The van der Waals surface area contributed by atoms with Crippen molar-refractivity contribution >= 4 is 17.3 Å². The van der Waals surface area contributed by atoms with Crippen LogP contribution in [0.4, 0.5) is 5.69 Å². The Bertz CT molecular complexity index is 534. The molecule has 0 spiro atoms. The number of primary amides is 1. The quantitative estimate of drug-likeness (QED) is 0.746. The summed E-state index contributed by atoms with van der Waals surface area (Å²) in [5, 5.41) is 0. The Morgan fingerprint density at radius 1 is 1.44 bits per heavy atom. The number of rotatable bonds is 1. The van der Waals surface area contributed by atoms with Crippen LogP contribution in [0, 0.1) is 0 Å². The van der Waals surface area contributed by atoms with Crippen LogP contribution in [-0.2, 0) is 4.79 Å². The van der Waals surface area contributed by atoms with Gasteiger partial charge in [0.25, 0.3) is 5.91 Å². The van der Waals surface area contributed by atoms with Crippen molar-refractivity contribution in [3.63, 3.8) is 0 Å². The van der Waals surface area contributed by atoms with Crippen LogP contribution in [0.1, 0.15) is 0 Å². The maximum atomic E-state index is 11.1. The highest BCUT2D eigenvalue weighted by atomic mass is 16.5. The largest absolute Gasteiger partial charge is 0.461 e. The Labute approximate surface area is 91.8 Å². The number of benzene rings is 1. The maximum Gasteiger partial charge on any atom is 0.269 e. The lowest BCUT2D eigenvalue weighted by Crippen LogP contribution is -2.30. The zero-order valence-corrected chi connectivity index (χ0v) is 8.38. The van der Waals surface area contributed by atoms with E-state index in [9.17, 15) is 4.79 Å². The number of aliphatic imine (C=N–C) groups is 1. The molecule has 0 unspecified atom stereocenters. The zero-order valence-electron chi connectivity index (χ0n) is 8.38. The summed E-state index contributed by atoms with van der Waals surface area (Å²) in [4.78, 5) is 17.1. The molecule has 5 heteroatoms. The van der Waals surface area contributed by atoms with Gasteiger partial charge in [0.15, 0.2) is 5.71 Å². The lowest BCUT2D eigenvalue weighted by molar-refractivity contribution is -0.111. The number of hydrogen-bond acceptors (Lipinski definition) is 4. The first-order valence-electron chi connectivity index (χ1n) is 4.85. The van der Waals surface area contributed by atoms with Gasteiger partial charge in [0.05, 0.1) is 5.69 Å². The number of nitrogens with two attached hydrogens (primary N) is 1. The molecule has 0 radical (unpaired) electrons. The van der Waals surface area contributed by atoms with Crippen molar-refractivity contribution in [1.82, 2.24) is 0 Å². The Morgan fingerprint density at radius 3 is 3.06 bits per heavy atom. The molecular weight excluding hydrogens is 206 g/mol. The molecule has 2 aliphatic heterocycles. The maximum absolute atomic E-state index is 11.1. The number of amides is 1. The van der Waals surface area contributed by atoms with Crippen molar-refractivity contribution in [3.8, 4) is 5.75 Å². The molecule has 1 amide bonds. The van der Waals surface area contributed by atoms with Gasteiger partial charge in [0.2, 0.25) is 0 Å². The lowest BCUT2D eigenvalue weighted by atomic mass is 10.2. The van der Waals surface area contributed by atoms with Gasteiger partial charge in [-0.2, -0.15) is 0 Å². The molecule has 5 nitrogen and oxygen atoms in total. The minimum Gasteiger partial charge on any atom is -0.461 e. The molecular formula is C11H9N3O2. The van der Waals surface area contributed by atoms with Crippen molar-refractivity contribution in [2.75, 3.05) is 11.6 Å². The van der Waals surface area contributed by atoms with Crippen molar-refractivity contribution in [3.05, 3.63) is 36.2 Å². The third-order valence-electron chi connectivity index (χ3n) is 2.59. The van der Waals surface area contributed by atoms with Crippen molar-refractivity contribution in [2.24, 2.45) is 10.7 Å². The van der Waals surface area contributed by atoms with Crippen LogP contribution in [-0.4, -0.2) is 18.3 Å². The topological polar surface area (TPSA) is 67.9 Å². The fraction of sp³-hybridized carbons (Fsp3) is 0.0909. The number of carbonyl (C=O) groups is 1. The highest BCUT2D eigenvalue weighted by Gasteiger charge is 2.31. The number of anilines is 1. The molecule has 1 aromatic carbocycles. The summed E-state index contributed by atoms with van der Waals surface area (Å²) in [5.74, 6) is 0.226. The molecule has 0 fully saturated rings. The van der Waals surface area contributed by atoms with Crippen LogP contribution in [0.25, 0.3) is 0 Å². The molecule has 1 aromatic rings. The Balaban J connectivity index is 2.05. The summed E-state index contributed by atoms with van der Waals surface area (Å²) < 4.78 is 5.43. The van der Waals surface area contributed by atoms with Gasteiger partial charge in [0.1, 0.15) is 24.4 Å². The lowest BCUT2D eigenvalue weighted by Gasteiger charge is -2.25. The molecule has 3 rings (SSSR count). The average Bonchev–Trinajstić information content (AvgIpc) is 2.73. The van der Waals surface area contributed by atoms with Gasteiger partial charge in [-0.15, -0.1) is 0 Å². The Kier molecular flexibility index (Phi) is 1.73. The third-order valence-corrected chi connectivity index (χ3v) is 2.59. The van der Waals surface area contributed by atoms with E-state index in [-0.39, 0.29) is 5.71 Å². The minimum absolute atomic E-state index is 0.273. The molecule has 0 aliphatic carbocycles. The summed E-state index contributed by atoms with van der Waals surface area (Å²) in [7, 11) is 0. The number of nitrogens with zero attached hydrogens (tertiary/aromatic N) is 2. The van der Waals surface area contributed by atoms with E-state index in [0.29, 0.717) is 12.4 Å². The first-order valence-corrected chi connectivity index (χ1v) is 4.85. The first kappa shape index (κ1) is 8.96. The number of fused-ring (bicyclic) bond motifs is 3. The van der Waals surface area contributed by atoms with E-state index in [1.54, 1.807) is 0 Å². The number of hydrogen-bond donors (Lipinski definition) is 1. The van der Waals surface area contributed by atoms with Crippen LogP contribution in [0.3, 0.4) is 0 Å². The van der Waals surface area contributed by atoms with Gasteiger partial charge in [-0.05, 0) is 12.1 Å². The van der Waals surface area contributed by atoms with E-state index >= 15 is 0 Å². The predicted molar refractivity (Wildman–Crippen MR) is 59.1 cm³/mol. The predicted octanol–water partition coefficient (Wildman–Crippen LogP) is 0.624. The highest BCUT2D eigenvalue weighted by molar-refractivity contribution is 6.46. The summed E-state index contributed by atoms with van der Waals surface area (Å²) in [6.45, 7) is 0.407. The monoisotopic (exact) mass is 215 g/mol. The van der Waals surface area contributed by atoms with Crippen LogP contribution in [0.2, 0.25) is 0 Å². The Morgan fingerprint density at radius 2 is 2.25 bits per heavy atom. The molecule has 2 N–H and O–H groups in total. The normalized spacial score (nSPS) is 16.9. The second-order valence-electron chi connectivity index (χ2n) is 3.53. The first-order chi connectivity index (χ1) is 7.77. The van der Waals surface area contributed by atoms with E-state index in [0.717, 1.165) is 11.4 Å². The number of para-hydroxylation sites is 2. The van der Waals surface area contributed by atoms with Crippen molar-refractivity contribution in [1.29, 1.82) is 0 Å². The van der Waals surface area contributed by atoms with E-state index in [1.807, 2.05) is 29.2 Å². The van der Waals surface area contributed by atoms with Gasteiger partial charge in [-0.3, -0.25) is 9.79 Å². The van der Waals surface area contributed by atoms with Gasteiger partial charge in [0, 0.05) is 0 Å². The zero-order chi connectivity index (χ0) is 11.1. The minimum atomic E-state index is -0.531. The summed E-state index contributed by atoms with van der Waals surface area (Å²) in [6, 6.07) is 7.59. The van der Waals surface area contributed by atoms with E-state index in [4.69, 9.17) is 10.5 Å². The van der Waals surface area contributed by atoms with E-state index in [2.05, 4.69) is 4.99 Å². The smallest absolute Gasteiger partial charge is 0.269 e. The van der Waals surface area contributed by atoms with Gasteiger partial charge in [-0.25, -0.2) is 0 Å². The SMILES string of the molecule is NC(=O)C1=NCN2C1=COc1ccccc12. The van der Waals surface area contributed by atoms with Gasteiger partial charge in [-0.1, -0.05) is 12.1 Å². The molecule has 16 heavy (non-hydrogen) atoms. The Hall–Kier alpha value is -2.30. The molecule has 80 valence electrons. The third kappa shape index (κ3) is 1.11. The molecule has 0 bridgehead atoms. The van der Waals surface area contributed by atoms with Gasteiger partial charge < -0.3 is 15.4 Å². The molecule has 0 aromatic heterocycles. The number of carbonyl (C=O) groups excluding carboxylic acids is 1. The summed E-state index contributed by atoms with van der Waals surface area (Å²) in [6.07, 6.45) is 1.51. The second kappa shape index (κ2) is 3.10. The molecule has 0 saturated carbocycles. The van der Waals surface area contributed by atoms with Crippen molar-refractivity contribution < 1.29 is 9.53 Å². The molecule has 0 saturated heterocycles. The summed E-state index contributed by atoms with van der Waals surface area (Å²) in [5.41, 5.74) is 7.04. The van der Waals surface area contributed by atoms with Crippen LogP contribution in [0.15, 0.2) is 41.2 Å². The van der Waals surface area contributed by atoms with E-state index in [1.165, 1.54) is 6.26 Å². The van der Waals surface area contributed by atoms with Crippen LogP contribution in [0.5, 0.6) is 5.75 Å². The second-order valence-corrected chi connectivity index (χ2v) is 3.53. The van der Waals surface area contributed by atoms with Gasteiger partial charge >= 0.3 is 0 Å². The van der Waals surface area contributed by atoms with Crippen LogP contribution < -0.4 is 15.4 Å².